The molecule has 0 saturated carbocycles. The number of ether oxygens (including phenoxy) is 2. The van der Waals surface area contributed by atoms with Crippen molar-refractivity contribution < 1.29 is 38.6 Å². The van der Waals surface area contributed by atoms with Gasteiger partial charge in [-0.2, -0.15) is 0 Å². The Hall–Kier alpha value is -5.01. The first-order chi connectivity index (χ1) is 26.1. The second-order valence-electron chi connectivity index (χ2n) is 14.9. The SMILES string of the molecule is Bc1cc(C[C@@H](OC(=O)N2CCC(N3CCc4ccccc4NC3=O)CC2)C(=O)N2CCC(C3CCN(C(=O)C(=O)OCC)CC3)CC2)cc(C=C)c1O. The fourth-order valence-corrected chi connectivity index (χ4v) is 8.54. The molecule has 13 nitrogen and oxygen atoms in total. The van der Waals surface area contributed by atoms with Gasteiger partial charge in [-0.25, -0.2) is 14.4 Å². The van der Waals surface area contributed by atoms with Crippen LogP contribution in [0, 0.1) is 11.8 Å². The molecule has 3 fully saturated rings. The van der Waals surface area contributed by atoms with E-state index >= 15 is 0 Å². The lowest BCUT2D eigenvalue weighted by Gasteiger charge is -2.41. The van der Waals surface area contributed by atoms with Gasteiger partial charge in [0.05, 0.1) is 6.61 Å². The van der Waals surface area contributed by atoms with Crippen molar-refractivity contribution in [3.8, 4) is 5.75 Å². The number of urea groups is 1. The number of aromatic hydroxyl groups is 1. The molecule has 6 rings (SSSR count). The third-order valence-electron chi connectivity index (χ3n) is 11.6. The minimum absolute atomic E-state index is 0.0234. The van der Waals surface area contributed by atoms with Crippen molar-refractivity contribution in [3.05, 3.63) is 59.7 Å². The zero-order chi connectivity index (χ0) is 38.4. The summed E-state index contributed by atoms with van der Waals surface area (Å²) < 4.78 is 11.0. The number of benzene rings is 2. The van der Waals surface area contributed by atoms with Crippen LogP contribution in [0.4, 0.5) is 15.3 Å². The highest BCUT2D eigenvalue weighted by Crippen LogP contribution is 2.33. The summed E-state index contributed by atoms with van der Waals surface area (Å²) in [7, 11) is 1.78. The minimum atomic E-state index is -1.07. The molecule has 2 aromatic rings. The first kappa shape index (κ1) is 38.7. The molecule has 2 aromatic carbocycles. The Balaban J connectivity index is 1.06. The van der Waals surface area contributed by atoms with Crippen molar-refractivity contribution >= 4 is 55.0 Å². The fourth-order valence-electron chi connectivity index (χ4n) is 8.54. The van der Waals surface area contributed by atoms with E-state index in [1.54, 1.807) is 47.7 Å². The van der Waals surface area contributed by atoms with Crippen LogP contribution in [0.25, 0.3) is 6.08 Å². The van der Waals surface area contributed by atoms with Crippen LogP contribution in [0.15, 0.2) is 43.0 Å². The molecule has 3 saturated heterocycles. The van der Waals surface area contributed by atoms with Crippen LogP contribution in [-0.4, -0.2) is 127 Å². The van der Waals surface area contributed by atoms with Crippen LogP contribution in [-0.2, 0) is 36.7 Å². The van der Waals surface area contributed by atoms with Crippen LogP contribution in [0.2, 0.25) is 0 Å². The van der Waals surface area contributed by atoms with Crippen molar-refractivity contribution in [2.45, 2.75) is 70.4 Å². The highest BCUT2D eigenvalue weighted by atomic mass is 16.6. The van der Waals surface area contributed by atoms with Crippen molar-refractivity contribution in [2.75, 3.05) is 57.7 Å². The van der Waals surface area contributed by atoms with E-state index in [4.69, 9.17) is 9.47 Å². The number of phenols is 1. The molecule has 14 heteroatoms. The van der Waals surface area contributed by atoms with E-state index in [-0.39, 0.29) is 36.8 Å². The summed E-state index contributed by atoms with van der Waals surface area (Å²) in [6.07, 6.45) is 5.20. The maximum Gasteiger partial charge on any atom is 0.410 e. The molecule has 0 unspecified atom stereocenters. The molecule has 54 heavy (non-hydrogen) atoms. The predicted octanol–water partition coefficient (Wildman–Crippen LogP) is 2.94. The largest absolute Gasteiger partial charge is 0.508 e. The Morgan fingerprint density at radius 1 is 0.926 bits per heavy atom. The van der Waals surface area contributed by atoms with Gasteiger partial charge in [-0.15, -0.1) is 0 Å². The lowest BCUT2D eigenvalue weighted by Crippen LogP contribution is -2.52. The number of para-hydroxylation sites is 1. The summed E-state index contributed by atoms with van der Waals surface area (Å²) in [6, 6.07) is 11.2. The van der Waals surface area contributed by atoms with Gasteiger partial charge in [0.25, 0.3) is 5.91 Å². The fraction of sp³-hybridized carbons (Fsp3) is 0.525. The smallest absolute Gasteiger partial charge is 0.410 e. The van der Waals surface area contributed by atoms with Gasteiger partial charge < -0.3 is 39.5 Å². The number of hydrogen-bond acceptors (Lipinski definition) is 8. The molecule has 0 spiro atoms. The number of carbonyl (C=O) groups excluding carboxylic acids is 5. The monoisotopic (exact) mass is 741 g/mol. The van der Waals surface area contributed by atoms with Crippen LogP contribution in [0.5, 0.6) is 5.75 Å². The van der Waals surface area contributed by atoms with E-state index in [2.05, 4.69) is 11.9 Å². The molecule has 288 valence electrons. The Morgan fingerprint density at radius 2 is 1.56 bits per heavy atom. The third-order valence-corrected chi connectivity index (χ3v) is 11.6. The maximum absolute atomic E-state index is 14.2. The number of esters is 1. The molecule has 0 aromatic heterocycles. The normalized spacial score (nSPS) is 19.3. The molecule has 0 bridgehead atoms. The molecule has 4 heterocycles. The molecular weight excluding hydrogens is 689 g/mol. The Bertz CT molecular complexity index is 1730. The van der Waals surface area contributed by atoms with E-state index in [1.165, 1.54) is 0 Å². The van der Waals surface area contributed by atoms with Crippen molar-refractivity contribution in [1.29, 1.82) is 0 Å². The highest BCUT2D eigenvalue weighted by molar-refractivity contribution is 6.34. The summed E-state index contributed by atoms with van der Waals surface area (Å²) >= 11 is 0. The van der Waals surface area contributed by atoms with Gasteiger partial charge in [0, 0.05) is 69.5 Å². The zero-order valence-electron chi connectivity index (χ0n) is 31.5. The summed E-state index contributed by atoms with van der Waals surface area (Å²) in [5, 5.41) is 13.5. The van der Waals surface area contributed by atoms with Gasteiger partial charge in [0.1, 0.15) is 13.6 Å². The van der Waals surface area contributed by atoms with Gasteiger partial charge in [-0.1, -0.05) is 36.9 Å². The summed E-state index contributed by atoms with van der Waals surface area (Å²) in [6.45, 7) is 9.12. The average Bonchev–Trinajstić information content (AvgIpc) is 3.36. The molecule has 5 amide bonds. The number of piperidine rings is 3. The topological polar surface area (TPSA) is 149 Å². The van der Waals surface area contributed by atoms with E-state index in [9.17, 15) is 29.1 Å². The van der Waals surface area contributed by atoms with Crippen LogP contribution < -0.4 is 10.8 Å². The van der Waals surface area contributed by atoms with Gasteiger partial charge in [-0.05, 0) is 92.4 Å². The molecule has 2 N–H and O–H groups in total. The van der Waals surface area contributed by atoms with Crippen molar-refractivity contribution in [2.24, 2.45) is 11.8 Å². The average molecular weight is 742 g/mol. The number of likely N-dealkylation sites (tertiary alicyclic amines) is 3. The van der Waals surface area contributed by atoms with E-state index < -0.39 is 24.1 Å². The van der Waals surface area contributed by atoms with Crippen LogP contribution in [0.3, 0.4) is 0 Å². The number of nitrogens with one attached hydrogen (secondary N) is 1. The molecular formula is C40H52BN5O8. The van der Waals surface area contributed by atoms with Crippen LogP contribution in [0.1, 0.15) is 62.1 Å². The number of anilines is 1. The molecule has 1 atom stereocenters. The van der Waals surface area contributed by atoms with Crippen molar-refractivity contribution in [3.63, 3.8) is 0 Å². The number of carbonyl (C=O) groups is 5. The first-order valence-electron chi connectivity index (χ1n) is 19.4. The third kappa shape index (κ3) is 8.85. The highest BCUT2D eigenvalue weighted by Gasteiger charge is 2.38. The number of amides is 5. The quantitative estimate of drug-likeness (QED) is 0.239. The molecule has 4 aliphatic rings. The molecule has 0 aliphatic carbocycles. The van der Waals surface area contributed by atoms with E-state index in [1.807, 2.05) is 29.2 Å². The van der Waals surface area contributed by atoms with Gasteiger partial charge >= 0.3 is 24.0 Å². The number of rotatable bonds is 8. The molecule has 0 radical (unpaired) electrons. The second kappa shape index (κ2) is 17.4. The summed E-state index contributed by atoms with van der Waals surface area (Å²) in [5.74, 6) is -0.750. The van der Waals surface area contributed by atoms with Crippen molar-refractivity contribution in [1.82, 2.24) is 19.6 Å². The zero-order valence-corrected chi connectivity index (χ0v) is 31.5. The lowest BCUT2D eigenvalue weighted by molar-refractivity contribution is -0.160. The number of phenolic OH excluding ortho intramolecular Hbond substituents is 1. The van der Waals surface area contributed by atoms with Gasteiger partial charge in [0.2, 0.25) is 0 Å². The van der Waals surface area contributed by atoms with Gasteiger partial charge in [0.15, 0.2) is 6.10 Å². The van der Waals surface area contributed by atoms with Gasteiger partial charge in [-0.3, -0.25) is 9.59 Å². The van der Waals surface area contributed by atoms with E-state index in [0.717, 1.165) is 48.9 Å². The lowest BCUT2D eigenvalue weighted by atomic mass is 9.78. The maximum atomic E-state index is 14.2. The first-order valence-corrected chi connectivity index (χ1v) is 19.4. The minimum Gasteiger partial charge on any atom is -0.508 e. The van der Waals surface area contributed by atoms with Crippen LogP contribution >= 0.6 is 0 Å². The summed E-state index contributed by atoms with van der Waals surface area (Å²) in [4.78, 5) is 72.2. The number of hydrogen-bond donors (Lipinski definition) is 2. The standard InChI is InChI=1S/C40H52BN5O8/c1-3-27-23-26(24-32(41)35(27)47)25-34(36(48)43-16-9-28(10-17-43)29-11-18-44(19-12-29)37(49)38(50)53-4-2)54-40(52)45-20-14-31(15-21-45)46-22-13-30-7-5-6-8-33(30)42-39(46)51/h3,5-8,23-24,28-29,31,34,47H,1,4,9-22,25,41H2,2H3,(H,42,51)/t34-/m1/s1. The molecule has 4 aliphatic heterocycles. The Labute approximate surface area is 318 Å². The summed E-state index contributed by atoms with van der Waals surface area (Å²) in [5.41, 5.74) is 3.86. The number of fused-ring (bicyclic) bond motifs is 1. The number of nitrogens with zero attached hydrogens (tertiary/aromatic N) is 4. The van der Waals surface area contributed by atoms with E-state index in [0.29, 0.717) is 81.5 Å². The predicted molar refractivity (Wildman–Crippen MR) is 206 cm³/mol. The Kier molecular flexibility index (Phi) is 12.5. The second-order valence-corrected chi connectivity index (χ2v) is 14.9. The Morgan fingerprint density at radius 3 is 2.20 bits per heavy atom.